The van der Waals surface area contributed by atoms with E-state index in [4.69, 9.17) is 0 Å². The van der Waals surface area contributed by atoms with Crippen LogP contribution in [0.2, 0.25) is 0 Å². The van der Waals surface area contributed by atoms with Crippen LogP contribution < -0.4 is 5.69 Å². The van der Waals surface area contributed by atoms with Crippen LogP contribution in [0.1, 0.15) is 50.8 Å². The van der Waals surface area contributed by atoms with Gasteiger partial charge in [0.2, 0.25) is 0 Å². The van der Waals surface area contributed by atoms with Crippen LogP contribution in [-0.2, 0) is 20.0 Å². The van der Waals surface area contributed by atoms with E-state index >= 15 is 0 Å². The number of hydrogen-bond donors (Lipinski definition) is 0. The molecule has 0 bridgehead atoms. The summed E-state index contributed by atoms with van der Waals surface area (Å²) < 4.78 is 3.34. The lowest BCUT2D eigenvalue weighted by Gasteiger charge is -2.32. The molecule has 1 fully saturated rings. The van der Waals surface area contributed by atoms with Gasteiger partial charge in [-0.25, -0.2) is 9.48 Å². The van der Waals surface area contributed by atoms with Crippen molar-refractivity contribution in [3.8, 4) is 0 Å². The molecule has 0 aromatic carbocycles. The molecule has 1 atom stereocenters. The van der Waals surface area contributed by atoms with Gasteiger partial charge in [0.1, 0.15) is 5.82 Å². The first-order valence-corrected chi connectivity index (χ1v) is 8.48. The van der Waals surface area contributed by atoms with Crippen molar-refractivity contribution in [2.45, 2.75) is 64.0 Å². The Morgan fingerprint density at radius 2 is 1.95 bits per heavy atom. The number of fused-ring (bicyclic) bond motifs is 1. The average Bonchev–Trinajstić information content (AvgIpc) is 2.66. The largest absolute Gasteiger partial charge is 0.345 e. The first kappa shape index (κ1) is 14.8. The van der Waals surface area contributed by atoms with E-state index in [1.807, 2.05) is 4.57 Å². The van der Waals surface area contributed by atoms with Crippen molar-refractivity contribution >= 4 is 0 Å². The van der Waals surface area contributed by atoms with Gasteiger partial charge >= 0.3 is 5.69 Å². The average molecular weight is 292 g/mol. The second-order valence-electron chi connectivity index (χ2n) is 6.90. The summed E-state index contributed by atoms with van der Waals surface area (Å²) in [6, 6.07) is 0.596. The number of aryl methyl sites for hydroxylation is 2. The van der Waals surface area contributed by atoms with Crippen LogP contribution in [0.15, 0.2) is 4.79 Å². The van der Waals surface area contributed by atoms with Gasteiger partial charge in [-0.1, -0.05) is 19.3 Å². The van der Waals surface area contributed by atoms with Crippen LogP contribution in [0.5, 0.6) is 0 Å². The molecule has 1 aromatic rings. The third-order valence-corrected chi connectivity index (χ3v) is 5.37. The van der Waals surface area contributed by atoms with Crippen molar-refractivity contribution < 1.29 is 0 Å². The SMILES string of the molecule is CN(CC1CCCCC1)[C@H]1CCc2nn(C)c(=O)n2CC1. The maximum Gasteiger partial charge on any atom is 0.345 e. The van der Waals surface area contributed by atoms with Gasteiger partial charge in [0, 0.05) is 32.6 Å². The van der Waals surface area contributed by atoms with Crippen molar-refractivity contribution in [3.63, 3.8) is 0 Å². The molecule has 0 radical (unpaired) electrons. The van der Waals surface area contributed by atoms with Gasteiger partial charge in [-0.05, 0) is 38.6 Å². The van der Waals surface area contributed by atoms with E-state index in [0.29, 0.717) is 6.04 Å². The minimum absolute atomic E-state index is 0.0422. The van der Waals surface area contributed by atoms with E-state index in [9.17, 15) is 4.79 Å². The molecule has 1 saturated carbocycles. The quantitative estimate of drug-likeness (QED) is 0.853. The molecule has 1 aromatic heterocycles. The molecule has 5 nitrogen and oxygen atoms in total. The Kier molecular flexibility index (Phi) is 4.48. The Bertz CT molecular complexity index is 527. The van der Waals surface area contributed by atoms with Gasteiger partial charge in [0.25, 0.3) is 0 Å². The molecule has 118 valence electrons. The number of nitrogens with zero attached hydrogens (tertiary/aromatic N) is 4. The third-order valence-electron chi connectivity index (χ3n) is 5.37. The highest BCUT2D eigenvalue weighted by Gasteiger charge is 2.24. The van der Waals surface area contributed by atoms with E-state index < -0.39 is 0 Å². The standard InChI is InChI=1S/C16H28N4O/c1-18(12-13-6-4-3-5-7-13)14-8-9-15-17-19(2)16(21)20(15)11-10-14/h13-14H,3-12H2,1-2H3/t14-/m0/s1. The topological polar surface area (TPSA) is 43.1 Å². The summed E-state index contributed by atoms with van der Waals surface area (Å²) in [5, 5.41) is 4.37. The first-order valence-electron chi connectivity index (χ1n) is 8.48. The smallest absolute Gasteiger partial charge is 0.303 e. The number of hydrogen-bond acceptors (Lipinski definition) is 3. The molecule has 0 amide bonds. The van der Waals surface area contributed by atoms with Crippen LogP contribution in [-0.4, -0.2) is 38.9 Å². The first-order chi connectivity index (χ1) is 10.1. The molecule has 0 unspecified atom stereocenters. The molecule has 1 aliphatic heterocycles. The highest BCUT2D eigenvalue weighted by molar-refractivity contribution is 4.93. The van der Waals surface area contributed by atoms with Gasteiger partial charge in [0.15, 0.2) is 0 Å². The molecule has 2 heterocycles. The van der Waals surface area contributed by atoms with Gasteiger partial charge in [0.05, 0.1) is 0 Å². The number of aromatic nitrogens is 3. The lowest BCUT2D eigenvalue weighted by Crippen LogP contribution is -2.37. The van der Waals surface area contributed by atoms with E-state index in [0.717, 1.165) is 37.5 Å². The summed E-state index contributed by atoms with van der Waals surface area (Å²) in [7, 11) is 4.02. The summed E-state index contributed by atoms with van der Waals surface area (Å²) in [5.74, 6) is 1.85. The molecule has 2 aliphatic rings. The molecule has 0 spiro atoms. The van der Waals surface area contributed by atoms with Gasteiger partial charge in [-0.15, -0.1) is 0 Å². The second-order valence-corrected chi connectivity index (χ2v) is 6.90. The van der Waals surface area contributed by atoms with Crippen molar-refractivity contribution in [2.24, 2.45) is 13.0 Å². The van der Waals surface area contributed by atoms with Crippen LogP contribution in [0, 0.1) is 5.92 Å². The fourth-order valence-corrected chi connectivity index (χ4v) is 4.05. The zero-order valence-electron chi connectivity index (χ0n) is 13.4. The predicted molar refractivity (Wildman–Crippen MR) is 83.4 cm³/mol. The molecular weight excluding hydrogens is 264 g/mol. The van der Waals surface area contributed by atoms with E-state index in [1.165, 1.54) is 43.3 Å². The van der Waals surface area contributed by atoms with Crippen LogP contribution in [0.3, 0.4) is 0 Å². The highest BCUT2D eigenvalue weighted by atomic mass is 16.2. The Balaban J connectivity index is 1.59. The summed E-state index contributed by atoms with van der Waals surface area (Å²) in [6.45, 7) is 2.05. The maximum absolute atomic E-state index is 12.0. The van der Waals surface area contributed by atoms with Crippen molar-refractivity contribution in [1.82, 2.24) is 19.2 Å². The second kappa shape index (κ2) is 6.34. The molecule has 1 aliphatic carbocycles. The minimum Gasteiger partial charge on any atom is -0.303 e. The van der Waals surface area contributed by atoms with Crippen molar-refractivity contribution in [2.75, 3.05) is 13.6 Å². The molecule has 0 N–H and O–H groups in total. The van der Waals surface area contributed by atoms with E-state index in [-0.39, 0.29) is 5.69 Å². The van der Waals surface area contributed by atoms with Crippen molar-refractivity contribution in [3.05, 3.63) is 16.3 Å². The molecule has 5 heteroatoms. The monoisotopic (exact) mass is 292 g/mol. The Labute approximate surface area is 126 Å². The van der Waals surface area contributed by atoms with Crippen LogP contribution in [0.25, 0.3) is 0 Å². The normalized spacial score (nSPS) is 24.0. The predicted octanol–water partition coefficient (Wildman–Crippen LogP) is 1.80. The highest BCUT2D eigenvalue weighted by Crippen LogP contribution is 2.26. The molecular formula is C16H28N4O. The summed E-state index contributed by atoms with van der Waals surface area (Å²) in [5.41, 5.74) is 0.0422. The number of rotatable bonds is 3. The van der Waals surface area contributed by atoms with Gasteiger partial charge < -0.3 is 4.90 Å². The summed E-state index contributed by atoms with van der Waals surface area (Å²) in [4.78, 5) is 14.6. The van der Waals surface area contributed by atoms with Gasteiger partial charge in [-0.2, -0.15) is 5.10 Å². The molecule has 0 saturated heterocycles. The lowest BCUT2D eigenvalue weighted by molar-refractivity contribution is 0.167. The Hall–Kier alpha value is -1.10. The fraction of sp³-hybridized carbons (Fsp3) is 0.875. The Morgan fingerprint density at radius 3 is 2.71 bits per heavy atom. The Morgan fingerprint density at radius 1 is 1.19 bits per heavy atom. The third kappa shape index (κ3) is 3.23. The minimum atomic E-state index is 0.0422. The maximum atomic E-state index is 12.0. The summed E-state index contributed by atoms with van der Waals surface area (Å²) >= 11 is 0. The molecule has 21 heavy (non-hydrogen) atoms. The lowest BCUT2D eigenvalue weighted by atomic mass is 9.88. The fourth-order valence-electron chi connectivity index (χ4n) is 4.05. The van der Waals surface area contributed by atoms with Crippen LogP contribution >= 0.6 is 0 Å². The summed E-state index contributed by atoms with van der Waals surface area (Å²) in [6.07, 6.45) is 10.2. The van der Waals surface area contributed by atoms with Gasteiger partial charge in [-0.3, -0.25) is 4.57 Å². The van der Waals surface area contributed by atoms with E-state index in [2.05, 4.69) is 17.0 Å². The van der Waals surface area contributed by atoms with Crippen LogP contribution in [0.4, 0.5) is 0 Å². The molecule has 3 rings (SSSR count). The van der Waals surface area contributed by atoms with Crippen molar-refractivity contribution in [1.29, 1.82) is 0 Å². The van der Waals surface area contributed by atoms with E-state index in [1.54, 1.807) is 7.05 Å². The zero-order chi connectivity index (χ0) is 14.8. The zero-order valence-corrected chi connectivity index (χ0v) is 13.4.